The van der Waals surface area contributed by atoms with Crippen LogP contribution in [0.1, 0.15) is 20.7 Å². The highest BCUT2D eigenvalue weighted by atomic mass is 16.5. The van der Waals surface area contributed by atoms with Gasteiger partial charge in [-0.25, -0.2) is 11.7 Å². The van der Waals surface area contributed by atoms with E-state index in [-0.39, 0.29) is 11.8 Å². The number of carbonyl (C=O) groups is 2. The number of ether oxygens (including phenoxy) is 2. The van der Waals surface area contributed by atoms with E-state index >= 15 is 0 Å². The normalized spacial score (nSPS) is 9.17. The van der Waals surface area contributed by atoms with Gasteiger partial charge in [-0.2, -0.15) is 0 Å². The lowest BCUT2D eigenvalue weighted by molar-refractivity contribution is 0.0945. The van der Waals surface area contributed by atoms with Crippen molar-refractivity contribution in [3.63, 3.8) is 0 Å². The van der Waals surface area contributed by atoms with Crippen LogP contribution in [0.25, 0.3) is 0 Å². The van der Waals surface area contributed by atoms with Crippen LogP contribution in [-0.4, -0.2) is 26.0 Å². The Morgan fingerprint density at radius 1 is 0.792 bits per heavy atom. The zero-order valence-corrected chi connectivity index (χ0v) is 13.4. The fourth-order valence-corrected chi connectivity index (χ4v) is 1.70. The predicted octanol–water partition coefficient (Wildman–Crippen LogP) is 0.597. The van der Waals surface area contributed by atoms with Crippen LogP contribution in [0.15, 0.2) is 48.5 Å². The molecule has 0 unspecified atom stereocenters. The molecule has 2 aromatic carbocycles. The number of nitrogens with two attached hydrogens (primary N) is 2. The summed E-state index contributed by atoms with van der Waals surface area (Å²) in [5.74, 6) is 10.5. The first-order chi connectivity index (χ1) is 11.5. The molecule has 8 nitrogen and oxygen atoms in total. The number of nitrogens with one attached hydrogen (secondary N) is 2. The Hall–Kier alpha value is -3.10. The van der Waals surface area contributed by atoms with Crippen LogP contribution >= 0.6 is 0 Å². The van der Waals surface area contributed by atoms with Crippen LogP contribution in [0.4, 0.5) is 0 Å². The van der Waals surface area contributed by atoms with Crippen LogP contribution in [0.2, 0.25) is 0 Å². The summed E-state index contributed by atoms with van der Waals surface area (Å²) in [5, 5.41) is 0. The lowest BCUT2D eigenvalue weighted by atomic mass is 10.2. The van der Waals surface area contributed by atoms with Crippen molar-refractivity contribution in [2.75, 3.05) is 14.2 Å². The maximum absolute atomic E-state index is 11.0. The zero-order chi connectivity index (χ0) is 17.9. The van der Waals surface area contributed by atoms with E-state index in [0.717, 1.165) is 0 Å². The number of methoxy groups -OCH3 is 2. The van der Waals surface area contributed by atoms with Crippen LogP contribution < -0.4 is 32.0 Å². The standard InChI is InChI=1S/2C8H10N2O2/c2*1-12-7-4-2-3-6(5-7)8(11)10-9/h2*2-5H,9H2,1H3,(H,10,11). The van der Waals surface area contributed by atoms with Gasteiger partial charge in [-0.05, 0) is 36.4 Å². The van der Waals surface area contributed by atoms with Crippen molar-refractivity contribution >= 4 is 11.8 Å². The van der Waals surface area contributed by atoms with E-state index in [9.17, 15) is 9.59 Å². The van der Waals surface area contributed by atoms with Gasteiger partial charge in [-0.3, -0.25) is 20.4 Å². The van der Waals surface area contributed by atoms with Crippen molar-refractivity contribution in [1.82, 2.24) is 10.9 Å². The minimum absolute atomic E-state index is 0.325. The summed E-state index contributed by atoms with van der Waals surface area (Å²) in [5.41, 5.74) is 5.04. The zero-order valence-electron chi connectivity index (χ0n) is 13.4. The maximum atomic E-state index is 11.0. The van der Waals surface area contributed by atoms with Crippen LogP contribution in [0.5, 0.6) is 11.5 Å². The van der Waals surface area contributed by atoms with Crippen molar-refractivity contribution in [3.8, 4) is 11.5 Å². The summed E-state index contributed by atoms with van der Waals surface area (Å²) in [6.45, 7) is 0. The van der Waals surface area contributed by atoms with Crippen molar-refractivity contribution in [2.24, 2.45) is 11.7 Å². The lowest BCUT2D eigenvalue weighted by Gasteiger charge is -2.01. The molecule has 0 heterocycles. The molecule has 0 spiro atoms. The molecule has 0 aromatic heterocycles. The Morgan fingerprint density at radius 3 is 1.46 bits per heavy atom. The molecule has 128 valence electrons. The van der Waals surface area contributed by atoms with E-state index in [1.807, 2.05) is 10.9 Å². The molecule has 0 aliphatic heterocycles. The SMILES string of the molecule is COc1cccc(C(=O)NN)c1.COc1cccc(C(=O)NN)c1. The molecule has 0 fully saturated rings. The number of rotatable bonds is 4. The smallest absolute Gasteiger partial charge is 0.265 e. The minimum atomic E-state index is -0.325. The molecule has 0 bridgehead atoms. The largest absolute Gasteiger partial charge is 0.497 e. The highest BCUT2D eigenvalue weighted by Gasteiger charge is 2.03. The second-order valence-corrected chi connectivity index (χ2v) is 4.41. The average Bonchev–Trinajstić information content (AvgIpc) is 2.67. The lowest BCUT2D eigenvalue weighted by Crippen LogP contribution is -2.29. The summed E-state index contributed by atoms with van der Waals surface area (Å²) in [4.78, 5) is 22.0. The number of hydrogen-bond donors (Lipinski definition) is 4. The molecule has 2 amide bonds. The molecule has 0 radical (unpaired) electrons. The van der Waals surface area contributed by atoms with Crippen molar-refractivity contribution in [2.45, 2.75) is 0 Å². The summed E-state index contributed by atoms with van der Waals surface area (Å²) in [7, 11) is 3.08. The fourth-order valence-electron chi connectivity index (χ4n) is 1.70. The van der Waals surface area contributed by atoms with Crippen molar-refractivity contribution < 1.29 is 19.1 Å². The summed E-state index contributed by atoms with van der Waals surface area (Å²) >= 11 is 0. The third-order valence-electron chi connectivity index (χ3n) is 2.93. The summed E-state index contributed by atoms with van der Waals surface area (Å²) < 4.78 is 9.86. The van der Waals surface area contributed by atoms with E-state index in [4.69, 9.17) is 21.2 Å². The van der Waals surface area contributed by atoms with Gasteiger partial charge in [-0.15, -0.1) is 0 Å². The molecule has 2 rings (SSSR count). The molecule has 24 heavy (non-hydrogen) atoms. The van der Waals surface area contributed by atoms with E-state index < -0.39 is 0 Å². The molecular formula is C16H20N4O4. The van der Waals surface area contributed by atoms with Crippen molar-refractivity contribution in [3.05, 3.63) is 59.7 Å². The highest BCUT2D eigenvalue weighted by molar-refractivity contribution is 5.94. The third-order valence-corrected chi connectivity index (χ3v) is 2.93. The Balaban J connectivity index is 0.000000240. The Labute approximate surface area is 139 Å². The van der Waals surface area contributed by atoms with E-state index in [1.165, 1.54) is 0 Å². The number of carbonyl (C=O) groups excluding carboxylic acids is 2. The topological polar surface area (TPSA) is 129 Å². The van der Waals surface area contributed by atoms with Crippen LogP contribution in [0, 0.1) is 0 Å². The maximum Gasteiger partial charge on any atom is 0.265 e. The van der Waals surface area contributed by atoms with Crippen LogP contribution in [0.3, 0.4) is 0 Å². The number of nitrogen functional groups attached to an aromatic ring is 2. The third kappa shape index (κ3) is 5.59. The molecule has 8 heteroatoms. The van der Waals surface area contributed by atoms with Gasteiger partial charge in [0.05, 0.1) is 14.2 Å². The van der Waals surface area contributed by atoms with E-state index in [0.29, 0.717) is 22.6 Å². The van der Waals surface area contributed by atoms with Gasteiger partial charge in [0.1, 0.15) is 11.5 Å². The molecule has 0 aliphatic carbocycles. The van der Waals surface area contributed by atoms with Gasteiger partial charge < -0.3 is 9.47 Å². The van der Waals surface area contributed by atoms with Gasteiger partial charge in [-0.1, -0.05) is 12.1 Å². The predicted molar refractivity (Wildman–Crippen MR) is 89.3 cm³/mol. The average molecular weight is 332 g/mol. The number of amides is 2. The molecule has 2 aromatic rings. The monoisotopic (exact) mass is 332 g/mol. The van der Waals surface area contributed by atoms with Gasteiger partial charge in [0.25, 0.3) is 11.8 Å². The first-order valence-corrected chi connectivity index (χ1v) is 6.85. The summed E-state index contributed by atoms with van der Waals surface area (Å²) in [6.07, 6.45) is 0. The molecule has 0 aliphatic rings. The molecule has 0 atom stereocenters. The van der Waals surface area contributed by atoms with E-state index in [2.05, 4.69) is 0 Å². The quantitative estimate of drug-likeness (QED) is 0.369. The Bertz CT molecular complexity index is 632. The number of benzene rings is 2. The molecule has 0 saturated carbocycles. The van der Waals surface area contributed by atoms with Gasteiger partial charge in [0, 0.05) is 11.1 Å². The Morgan fingerprint density at radius 2 is 1.17 bits per heavy atom. The molecule has 0 saturated heterocycles. The van der Waals surface area contributed by atoms with Gasteiger partial charge in [0.15, 0.2) is 0 Å². The first-order valence-electron chi connectivity index (χ1n) is 6.85. The molecular weight excluding hydrogens is 312 g/mol. The number of hydrazine groups is 2. The fraction of sp³-hybridized carbons (Fsp3) is 0.125. The van der Waals surface area contributed by atoms with Gasteiger partial charge in [0.2, 0.25) is 0 Å². The molecule has 6 N–H and O–H groups in total. The highest BCUT2D eigenvalue weighted by Crippen LogP contribution is 2.12. The Kier molecular flexibility index (Phi) is 7.76. The summed E-state index contributed by atoms with van der Waals surface area (Å²) in [6, 6.07) is 13.5. The van der Waals surface area contributed by atoms with E-state index in [1.54, 1.807) is 62.8 Å². The number of hydrogen-bond acceptors (Lipinski definition) is 6. The minimum Gasteiger partial charge on any atom is -0.497 e. The first kappa shape index (κ1) is 18.9. The van der Waals surface area contributed by atoms with Crippen LogP contribution in [-0.2, 0) is 0 Å². The second kappa shape index (κ2) is 9.82. The second-order valence-electron chi connectivity index (χ2n) is 4.41. The van der Waals surface area contributed by atoms with Crippen molar-refractivity contribution in [1.29, 1.82) is 0 Å². The van der Waals surface area contributed by atoms with Gasteiger partial charge >= 0.3 is 0 Å².